The molecule has 1 fully saturated rings. The fourth-order valence-corrected chi connectivity index (χ4v) is 2.44. The maximum absolute atomic E-state index is 2.44. The van der Waals surface area contributed by atoms with Crippen LogP contribution in [-0.2, 0) is 0 Å². The molecule has 76 valence electrons. The maximum Gasteiger partial charge on any atom is 0.131 e. The summed E-state index contributed by atoms with van der Waals surface area (Å²) in [5, 5.41) is 0.545. The van der Waals surface area contributed by atoms with Crippen molar-refractivity contribution in [3.63, 3.8) is 0 Å². The summed E-state index contributed by atoms with van der Waals surface area (Å²) < 4.78 is 0. The van der Waals surface area contributed by atoms with Crippen LogP contribution in [0.5, 0.6) is 0 Å². The Labute approximate surface area is 84.7 Å². The average Bonchev–Trinajstić information content (AvgIpc) is 2.35. The van der Waals surface area contributed by atoms with Gasteiger partial charge in [0.05, 0.1) is 0 Å². The van der Waals surface area contributed by atoms with Crippen LogP contribution in [-0.4, -0.2) is 7.28 Å². The van der Waals surface area contributed by atoms with Gasteiger partial charge in [0.1, 0.15) is 7.28 Å². The molecule has 2 unspecified atom stereocenters. The van der Waals surface area contributed by atoms with Gasteiger partial charge < -0.3 is 0 Å². The Morgan fingerprint density at radius 2 is 1.85 bits per heavy atom. The maximum atomic E-state index is 2.44. The van der Waals surface area contributed by atoms with Gasteiger partial charge in [-0.3, -0.25) is 0 Å². The Morgan fingerprint density at radius 1 is 1.23 bits per heavy atom. The molecule has 0 aliphatic heterocycles. The fourth-order valence-electron chi connectivity index (χ4n) is 2.44. The van der Waals surface area contributed by atoms with Gasteiger partial charge in [-0.2, -0.15) is 0 Å². The van der Waals surface area contributed by atoms with Gasteiger partial charge in [-0.15, -0.1) is 0 Å². The molecular weight excluding hydrogens is 155 g/mol. The number of hydrogen-bond donors (Lipinski definition) is 0. The zero-order valence-corrected chi connectivity index (χ0v) is 10.1. The van der Waals surface area contributed by atoms with Gasteiger partial charge >= 0.3 is 0 Å². The van der Waals surface area contributed by atoms with Crippen LogP contribution < -0.4 is 0 Å². The van der Waals surface area contributed by atoms with Crippen LogP contribution in [0.2, 0.25) is 11.1 Å². The van der Waals surface area contributed by atoms with E-state index >= 15 is 0 Å². The van der Waals surface area contributed by atoms with E-state index in [1.807, 2.05) is 0 Å². The van der Waals surface area contributed by atoms with E-state index in [-0.39, 0.29) is 0 Å². The summed E-state index contributed by atoms with van der Waals surface area (Å²) in [6.07, 6.45) is 4.43. The van der Waals surface area contributed by atoms with Crippen LogP contribution in [0, 0.1) is 11.8 Å². The van der Waals surface area contributed by atoms with Crippen LogP contribution in [0.15, 0.2) is 0 Å². The van der Waals surface area contributed by atoms with E-state index in [4.69, 9.17) is 0 Å². The average molecular weight is 180 g/mol. The number of rotatable bonds is 3. The van der Waals surface area contributed by atoms with Gasteiger partial charge in [0.2, 0.25) is 0 Å². The van der Waals surface area contributed by atoms with Crippen molar-refractivity contribution < 1.29 is 0 Å². The Kier molecular flexibility index (Phi) is 3.48. The van der Waals surface area contributed by atoms with Gasteiger partial charge in [-0.1, -0.05) is 65.0 Å². The first-order chi connectivity index (χ1) is 5.93. The molecule has 1 rings (SSSR count). The van der Waals surface area contributed by atoms with E-state index in [1.165, 1.54) is 26.5 Å². The van der Waals surface area contributed by atoms with Crippen molar-refractivity contribution in [1.82, 2.24) is 0 Å². The predicted octanol–water partition coefficient (Wildman–Crippen LogP) is 3.89. The van der Waals surface area contributed by atoms with E-state index in [0.717, 1.165) is 17.7 Å². The molecule has 1 heteroatoms. The summed E-state index contributed by atoms with van der Waals surface area (Å²) >= 11 is 0. The molecule has 0 nitrogen and oxygen atoms in total. The summed E-state index contributed by atoms with van der Waals surface area (Å²) in [7, 11) is 1.44. The highest BCUT2D eigenvalue weighted by molar-refractivity contribution is 6.42. The van der Waals surface area contributed by atoms with Crippen LogP contribution in [0.4, 0.5) is 0 Å². The van der Waals surface area contributed by atoms with Gasteiger partial charge in [-0.25, -0.2) is 0 Å². The predicted molar refractivity (Wildman–Crippen MR) is 62.8 cm³/mol. The van der Waals surface area contributed by atoms with Gasteiger partial charge in [0, 0.05) is 0 Å². The third-order valence-corrected chi connectivity index (χ3v) is 4.39. The molecule has 13 heavy (non-hydrogen) atoms. The molecule has 0 bridgehead atoms. The number of hydrogen-bond acceptors (Lipinski definition) is 0. The van der Waals surface area contributed by atoms with Crippen molar-refractivity contribution >= 4 is 7.28 Å². The first kappa shape index (κ1) is 11.1. The lowest BCUT2D eigenvalue weighted by atomic mass is 9.42. The third kappa shape index (κ3) is 2.75. The van der Waals surface area contributed by atoms with Gasteiger partial charge in [-0.05, 0) is 11.8 Å². The molecule has 0 aromatic rings. The monoisotopic (exact) mass is 180 g/mol. The lowest BCUT2D eigenvalue weighted by Crippen LogP contribution is -2.24. The zero-order valence-electron chi connectivity index (χ0n) is 10.1. The second-order valence-corrected chi connectivity index (χ2v) is 6.02. The summed E-state index contributed by atoms with van der Waals surface area (Å²) in [5.41, 5.74) is 0. The minimum Gasteiger partial charge on any atom is -0.0666 e. The van der Waals surface area contributed by atoms with Crippen LogP contribution >= 0.6 is 0 Å². The van der Waals surface area contributed by atoms with Crippen molar-refractivity contribution in [2.45, 2.75) is 65.0 Å². The van der Waals surface area contributed by atoms with Crippen molar-refractivity contribution in [3.05, 3.63) is 0 Å². The Hall–Kier alpha value is 0.0649. The first-order valence-corrected chi connectivity index (χ1v) is 5.93. The van der Waals surface area contributed by atoms with E-state index in [1.54, 1.807) is 0 Å². The SMILES string of the molecule is CC1CCCC1BC(C)(C)C(C)C. The van der Waals surface area contributed by atoms with E-state index < -0.39 is 0 Å². The molecule has 0 heterocycles. The van der Waals surface area contributed by atoms with Crippen molar-refractivity contribution in [3.8, 4) is 0 Å². The molecular formula is C12H25B. The molecule has 2 atom stereocenters. The minimum atomic E-state index is 0.545. The highest BCUT2D eigenvalue weighted by Crippen LogP contribution is 2.44. The molecule has 1 aliphatic carbocycles. The highest BCUT2D eigenvalue weighted by atomic mass is 14.3. The fraction of sp³-hybridized carbons (Fsp3) is 1.00. The molecule has 1 saturated carbocycles. The normalized spacial score (nSPS) is 29.7. The summed E-state index contributed by atoms with van der Waals surface area (Å²) in [6.45, 7) is 12.0. The van der Waals surface area contributed by atoms with Crippen molar-refractivity contribution in [1.29, 1.82) is 0 Å². The Morgan fingerprint density at radius 3 is 2.23 bits per heavy atom. The topological polar surface area (TPSA) is 0 Å². The van der Waals surface area contributed by atoms with E-state index in [9.17, 15) is 0 Å². The largest absolute Gasteiger partial charge is 0.131 e. The van der Waals surface area contributed by atoms with Gasteiger partial charge in [0.25, 0.3) is 0 Å². The van der Waals surface area contributed by atoms with Crippen LogP contribution in [0.3, 0.4) is 0 Å². The van der Waals surface area contributed by atoms with E-state index in [0.29, 0.717) is 5.31 Å². The molecule has 0 N–H and O–H groups in total. The highest BCUT2D eigenvalue weighted by Gasteiger charge is 2.32. The van der Waals surface area contributed by atoms with E-state index in [2.05, 4.69) is 34.6 Å². The second kappa shape index (κ2) is 4.06. The molecule has 0 aromatic carbocycles. The van der Waals surface area contributed by atoms with Crippen molar-refractivity contribution in [2.75, 3.05) is 0 Å². The van der Waals surface area contributed by atoms with Gasteiger partial charge in [0.15, 0.2) is 0 Å². The summed E-state index contributed by atoms with van der Waals surface area (Å²) in [4.78, 5) is 0. The molecule has 1 aliphatic rings. The molecule has 0 aromatic heterocycles. The first-order valence-electron chi connectivity index (χ1n) is 5.93. The molecule has 0 radical (unpaired) electrons. The third-order valence-electron chi connectivity index (χ3n) is 4.39. The lowest BCUT2D eigenvalue weighted by molar-refractivity contribution is 0.459. The molecule has 0 spiro atoms. The molecule has 0 amide bonds. The van der Waals surface area contributed by atoms with Crippen molar-refractivity contribution in [2.24, 2.45) is 11.8 Å². The van der Waals surface area contributed by atoms with Crippen LogP contribution in [0.25, 0.3) is 0 Å². The molecule has 0 saturated heterocycles. The Balaban J connectivity index is 2.47. The quantitative estimate of drug-likeness (QED) is 0.578. The summed E-state index contributed by atoms with van der Waals surface area (Å²) in [5.74, 6) is 2.82. The summed E-state index contributed by atoms with van der Waals surface area (Å²) in [6, 6.07) is 0. The standard InChI is InChI=1S/C12H25B/c1-9(2)12(4,5)13-11-8-6-7-10(11)3/h9-11,13H,6-8H2,1-5H3. The lowest BCUT2D eigenvalue weighted by Gasteiger charge is -2.32. The second-order valence-electron chi connectivity index (χ2n) is 6.02. The smallest absolute Gasteiger partial charge is 0.0666 e. The minimum absolute atomic E-state index is 0.545. The van der Waals surface area contributed by atoms with Crippen LogP contribution in [0.1, 0.15) is 53.9 Å². The zero-order chi connectivity index (χ0) is 10.1. The Bertz CT molecular complexity index is 161.